The van der Waals surface area contributed by atoms with Crippen LogP contribution in [0.2, 0.25) is 0 Å². The molecule has 0 saturated carbocycles. The predicted molar refractivity (Wildman–Crippen MR) is 147 cm³/mol. The smallest absolute Gasteiger partial charge is 0.227 e. The number of nitrogens with zero attached hydrogens (tertiary/aromatic N) is 6. The fraction of sp³-hybridized carbons (Fsp3) is 0.571. The molecule has 208 valence electrons. The van der Waals surface area contributed by atoms with E-state index in [4.69, 9.17) is 19.4 Å². The first-order chi connectivity index (χ1) is 18.8. The summed E-state index contributed by atoms with van der Waals surface area (Å²) in [5, 5.41) is 15.3. The molecule has 3 aliphatic rings. The average Bonchev–Trinajstić information content (AvgIpc) is 2.88. The summed E-state index contributed by atoms with van der Waals surface area (Å²) in [5.41, 5.74) is -0.712. The molecule has 0 radical (unpaired) electrons. The third-order valence-electron chi connectivity index (χ3n) is 8.15. The lowest BCUT2D eigenvalue weighted by Gasteiger charge is -2.40. The number of rotatable bonds is 8. The fourth-order valence-corrected chi connectivity index (χ4v) is 5.35. The number of aromatic nitrogens is 4. The minimum Gasteiger partial charge on any atom is -0.390 e. The monoisotopic (exact) mass is 537 g/mol. The van der Waals surface area contributed by atoms with Crippen LogP contribution in [0.15, 0.2) is 30.7 Å². The van der Waals surface area contributed by atoms with Crippen molar-refractivity contribution in [3.63, 3.8) is 0 Å². The zero-order valence-electron chi connectivity index (χ0n) is 22.7. The van der Waals surface area contributed by atoms with E-state index in [-0.39, 0.29) is 12.6 Å². The van der Waals surface area contributed by atoms with Gasteiger partial charge in [-0.3, -0.25) is 0 Å². The topological polar surface area (TPSA) is 109 Å². The van der Waals surface area contributed by atoms with Crippen LogP contribution in [0, 0.1) is 5.92 Å². The van der Waals surface area contributed by atoms with Gasteiger partial charge in [-0.2, -0.15) is 4.98 Å². The van der Waals surface area contributed by atoms with Crippen LogP contribution in [-0.4, -0.2) is 82.3 Å². The summed E-state index contributed by atoms with van der Waals surface area (Å²) in [6, 6.07) is 4.22. The van der Waals surface area contributed by atoms with Crippen molar-refractivity contribution < 1.29 is 19.0 Å². The number of hydrogen-bond donors (Lipinski definition) is 2. The molecule has 6 rings (SSSR count). The Morgan fingerprint density at radius 2 is 2.03 bits per heavy atom. The highest BCUT2D eigenvalue weighted by atomic mass is 19.1. The number of ether oxygens (including phenoxy) is 2. The van der Waals surface area contributed by atoms with Crippen LogP contribution in [-0.2, 0) is 9.47 Å². The number of aliphatic hydroxyl groups is 1. The number of fused-ring (bicyclic) bond motifs is 1. The summed E-state index contributed by atoms with van der Waals surface area (Å²) in [5.74, 6) is 2.98. The van der Waals surface area contributed by atoms with E-state index in [2.05, 4.69) is 34.0 Å². The largest absolute Gasteiger partial charge is 0.390 e. The van der Waals surface area contributed by atoms with E-state index in [1.807, 2.05) is 18.5 Å². The lowest BCUT2D eigenvalue weighted by atomic mass is 9.94. The Balaban J connectivity index is 1.28. The number of alkyl halides is 1. The first kappa shape index (κ1) is 26.1. The van der Waals surface area contributed by atoms with E-state index in [0.717, 1.165) is 48.3 Å². The van der Waals surface area contributed by atoms with Gasteiger partial charge in [0.15, 0.2) is 5.67 Å². The number of piperidine rings is 1. The van der Waals surface area contributed by atoms with Gasteiger partial charge in [0.25, 0.3) is 0 Å². The van der Waals surface area contributed by atoms with Gasteiger partial charge in [-0.15, -0.1) is 0 Å². The second kappa shape index (κ2) is 10.4. The molecule has 3 aliphatic heterocycles. The Kier molecular flexibility index (Phi) is 6.98. The molecule has 4 atom stereocenters. The molecule has 3 saturated heterocycles. The molecule has 11 heteroatoms. The summed E-state index contributed by atoms with van der Waals surface area (Å²) < 4.78 is 26.3. The number of pyridine rings is 2. The van der Waals surface area contributed by atoms with Gasteiger partial charge < -0.3 is 29.7 Å². The zero-order chi connectivity index (χ0) is 27.1. The van der Waals surface area contributed by atoms with Crippen molar-refractivity contribution in [2.45, 2.75) is 57.5 Å². The maximum atomic E-state index is 14.8. The quantitative estimate of drug-likeness (QED) is 0.441. The van der Waals surface area contributed by atoms with Gasteiger partial charge >= 0.3 is 0 Å². The van der Waals surface area contributed by atoms with Crippen molar-refractivity contribution in [2.75, 3.05) is 54.6 Å². The van der Waals surface area contributed by atoms with Crippen molar-refractivity contribution in [3.8, 4) is 0 Å². The summed E-state index contributed by atoms with van der Waals surface area (Å²) >= 11 is 0. The van der Waals surface area contributed by atoms with E-state index in [1.165, 1.54) is 6.92 Å². The second-order valence-corrected chi connectivity index (χ2v) is 11.2. The fourth-order valence-electron chi connectivity index (χ4n) is 5.35. The maximum Gasteiger partial charge on any atom is 0.227 e. The normalized spacial score (nSPS) is 26.3. The minimum atomic E-state index is -1.72. The molecule has 3 aromatic heterocycles. The molecule has 3 fully saturated rings. The molecule has 10 nitrogen and oxygen atoms in total. The SMILES string of the molecule is C[C@@H]1CCN1c1ncc([C@@H](C)OCC2COC2)c2cc(Nc3ccnc(N4CC[C@@H](O)[C@@](C)(F)C4)n3)ncc12. The third kappa shape index (κ3) is 5.22. The number of aliphatic hydroxyl groups excluding tert-OH is 1. The first-order valence-corrected chi connectivity index (χ1v) is 13.7. The van der Waals surface area contributed by atoms with Crippen LogP contribution in [0.3, 0.4) is 0 Å². The number of nitrogens with one attached hydrogen (secondary N) is 1. The standard InChI is InChI=1S/C28H36FN7O3/c1-17-5-9-36(17)26-22-12-31-25(10-20(22)21(11-32-26)18(2)39-15-19-13-38-14-19)33-24-4-7-30-27(34-24)35-8-6-23(37)28(3,29)16-35/h4,7,10-12,17-19,23,37H,5-6,8-9,13-16H2,1-3H3,(H,30,31,33,34)/t17-,18-,23-,28+/m1/s1. The van der Waals surface area contributed by atoms with Gasteiger partial charge in [-0.25, -0.2) is 19.3 Å². The summed E-state index contributed by atoms with van der Waals surface area (Å²) in [6.45, 7) is 9.32. The Morgan fingerprint density at radius 1 is 1.18 bits per heavy atom. The number of anilines is 4. The zero-order valence-corrected chi connectivity index (χ0v) is 22.7. The van der Waals surface area contributed by atoms with E-state index < -0.39 is 11.8 Å². The van der Waals surface area contributed by atoms with Crippen LogP contribution in [0.4, 0.5) is 27.8 Å². The van der Waals surface area contributed by atoms with Gasteiger partial charge in [0.2, 0.25) is 5.95 Å². The Hall–Kier alpha value is -3.15. The Bertz CT molecular complexity index is 1340. The van der Waals surface area contributed by atoms with Gasteiger partial charge in [0.05, 0.1) is 38.6 Å². The highest BCUT2D eigenvalue weighted by molar-refractivity contribution is 5.96. The van der Waals surface area contributed by atoms with Gasteiger partial charge in [0.1, 0.15) is 17.5 Å². The van der Waals surface area contributed by atoms with Crippen LogP contribution >= 0.6 is 0 Å². The van der Waals surface area contributed by atoms with Gasteiger partial charge in [-0.1, -0.05) is 0 Å². The second-order valence-electron chi connectivity index (χ2n) is 11.2. The van der Waals surface area contributed by atoms with E-state index in [9.17, 15) is 9.50 Å². The van der Waals surface area contributed by atoms with Crippen molar-refractivity contribution in [2.24, 2.45) is 5.92 Å². The molecule has 3 aromatic rings. The van der Waals surface area contributed by atoms with Gasteiger partial charge in [0, 0.05) is 54.6 Å². The summed E-state index contributed by atoms with van der Waals surface area (Å²) in [4.78, 5) is 22.6. The summed E-state index contributed by atoms with van der Waals surface area (Å²) in [6.07, 6.45) is 5.77. The van der Waals surface area contributed by atoms with Crippen molar-refractivity contribution in [1.82, 2.24) is 19.9 Å². The lowest BCUT2D eigenvalue weighted by molar-refractivity contribution is -0.0849. The Labute approximate surface area is 227 Å². The van der Waals surface area contributed by atoms with E-state index >= 15 is 0 Å². The summed E-state index contributed by atoms with van der Waals surface area (Å²) in [7, 11) is 0. The highest BCUT2D eigenvalue weighted by Gasteiger charge is 2.39. The maximum absolute atomic E-state index is 14.8. The predicted octanol–water partition coefficient (Wildman–Crippen LogP) is 3.79. The van der Waals surface area contributed by atoms with E-state index in [0.29, 0.717) is 49.1 Å². The van der Waals surface area contributed by atoms with Crippen LogP contribution in [0.1, 0.15) is 45.3 Å². The van der Waals surface area contributed by atoms with Crippen LogP contribution in [0.5, 0.6) is 0 Å². The number of hydrogen-bond acceptors (Lipinski definition) is 10. The van der Waals surface area contributed by atoms with Crippen molar-refractivity contribution in [3.05, 3.63) is 36.3 Å². The molecular formula is C28H36FN7O3. The molecule has 39 heavy (non-hydrogen) atoms. The molecule has 0 amide bonds. The van der Waals surface area contributed by atoms with Crippen molar-refractivity contribution in [1.29, 1.82) is 0 Å². The molecule has 0 aromatic carbocycles. The molecule has 6 heterocycles. The number of halogens is 1. The van der Waals surface area contributed by atoms with Crippen LogP contribution < -0.4 is 15.1 Å². The average molecular weight is 538 g/mol. The molecular weight excluding hydrogens is 501 g/mol. The molecule has 0 spiro atoms. The molecule has 2 N–H and O–H groups in total. The van der Waals surface area contributed by atoms with Crippen molar-refractivity contribution >= 4 is 34.2 Å². The minimum absolute atomic E-state index is 0.0325. The first-order valence-electron chi connectivity index (χ1n) is 13.7. The van der Waals surface area contributed by atoms with E-state index in [1.54, 1.807) is 17.2 Å². The Morgan fingerprint density at radius 3 is 2.72 bits per heavy atom. The van der Waals surface area contributed by atoms with Crippen LogP contribution in [0.25, 0.3) is 10.8 Å². The van der Waals surface area contributed by atoms with Gasteiger partial charge in [-0.05, 0) is 51.1 Å². The molecule has 0 unspecified atom stereocenters. The third-order valence-corrected chi connectivity index (χ3v) is 8.15. The molecule has 0 aliphatic carbocycles. The highest BCUT2D eigenvalue weighted by Crippen LogP contribution is 2.36. The molecule has 0 bridgehead atoms. The lowest BCUT2D eigenvalue weighted by Crippen LogP contribution is -2.52.